The number of pyridine rings is 1. The second-order valence-electron chi connectivity index (χ2n) is 14.8. The molecule has 0 N–H and O–H groups in total. The number of hydrogen-bond acceptors (Lipinski definition) is 3. The minimum atomic E-state index is -2.24. The van der Waals surface area contributed by atoms with Crippen LogP contribution in [0.15, 0.2) is 91.1 Å². The van der Waals surface area contributed by atoms with E-state index in [0.29, 0.717) is 11.5 Å². The first-order chi connectivity index (χ1) is 24.5. The zero-order valence-corrected chi connectivity index (χ0v) is 32.2. The molecule has 50 heavy (non-hydrogen) atoms. The number of ether oxygens (including phenoxy) is 1. The summed E-state index contributed by atoms with van der Waals surface area (Å²) in [5.74, 6) is 1.78. The van der Waals surface area contributed by atoms with Crippen LogP contribution >= 0.6 is 0 Å². The summed E-state index contributed by atoms with van der Waals surface area (Å²) in [6, 6.07) is 34.9. The van der Waals surface area contributed by atoms with Gasteiger partial charge in [0.25, 0.3) is 0 Å². The summed E-state index contributed by atoms with van der Waals surface area (Å²) in [5, 5.41) is 6.70. The molecule has 5 nitrogen and oxygen atoms in total. The number of nitrogens with zero attached hydrogens (tertiary/aromatic N) is 4. The molecule has 4 aromatic carbocycles. The molecule has 0 atom stereocenters. The fraction of sp³-hybridized carbons (Fsp3) is 0.273. The average Bonchev–Trinajstić information content (AvgIpc) is 3.61. The van der Waals surface area contributed by atoms with Crippen molar-refractivity contribution in [2.75, 3.05) is 0 Å². The number of aromatic nitrogens is 4. The molecule has 0 aliphatic heterocycles. The topological polar surface area (TPSA) is 44.9 Å². The fourth-order valence-electron chi connectivity index (χ4n) is 6.56. The van der Waals surface area contributed by atoms with Crippen LogP contribution in [0.1, 0.15) is 80.7 Å². The predicted molar refractivity (Wildman–Crippen MR) is 202 cm³/mol. The average molecular weight is 843 g/mol. The van der Waals surface area contributed by atoms with Crippen molar-refractivity contribution < 1.29 is 29.9 Å². The molecular weight excluding hydrogens is 796 g/mol. The van der Waals surface area contributed by atoms with E-state index in [1.54, 1.807) is 12.1 Å². The minimum absolute atomic E-state index is 0. The van der Waals surface area contributed by atoms with Crippen LogP contribution in [0.5, 0.6) is 11.5 Å². The van der Waals surface area contributed by atoms with Crippen molar-refractivity contribution in [1.82, 2.24) is 19.3 Å². The van der Waals surface area contributed by atoms with Crippen LogP contribution < -0.4 is 4.74 Å². The molecule has 0 saturated carbocycles. The largest absolute Gasteiger partial charge is 2.00 e. The van der Waals surface area contributed by atoms with Crippen LogP contribution in [0, 0.1) is 25.9 Å². The second kappa shape index (κ2) is 13.3. The van der Waals surface area contributed by atoms with Crippen molar-refractivity contribution in [3.8, 4) is 34.1 Å². The molecule has 256 valence electrons. The van der Waals surface area contributed by atoms with Crippen LogP contribution in [0.2, 0.25) is 0 Å². The Morgan fingerprint density at radius 2 is 1.56 bits per heavy atom. The van der Waals surface area contributed by atoms with Gasteiger partial charge in [0.1, 0.15) is 5.82 Å². The van der Waals surface area contributed by atoms with E-state index in [9.17, 15) is 0 Å². The van der Waals surface area contributed by atoms with Crippen LogP contribution in [-0.2, 0) is 38.3 Å². The second-order valence-corrected chi connectivity index (χ2v) is 14.8. The van der Waals surface area contributed by atoms with Gasteiger partial charge in [-0.25, -0.2) is 4.98 Å². The van der Waals surface area contributed by atoms with Gasteiger partial charge in [-0.1, -0.05) is 102 Å². The number of fused-ring (bicyclic) bond motifs is 3. The molecule has 6 heteroatoms. The molecule has 0 fully saturated rings. The SMILES string of the molecule is [2H]C([2H])([2H])c1ccc2c(c1)c1ccc(Oc3[c-]c(-n4nc(C)c(-c5ccccc5)c4CC)cc(C(C)(C)C)c3)[c-]c1n2-c1cc(C(C)(C)C)ccn1.[Pt+2]. The Kier molecular flexibility index (Phi) is 8.41. The van der Waals surface area contributed by atoms with Gasteiger partial charge in [0, 0.05) is 38.6 Å². The normalized spacial score (nSPS) is 13.2. The standard InChI is InChI=1S/C44H44N4O.Pt/c1-10-38-42(30-14-12-11-13-15-30)29(3)46-48(38)33-23-32(44(7,8)9)24-35(26-33)49-34-17-18-36-37-22-28(2)16-19-39(37)47(40(36)27-34)41-25-31(20-21-45-41)43(4,5)6;/h11-25H,10H2,1-9H3;/q-2;+2/i2D3;. The van der Waals surface area contributed by atoms with Crippen molar-refractivity contribution >= 4 is 21.8 Å². The quantitative estimate of drug-likeness (QED) is 0.157. The first kappa shape index (κ1) is 31.5. The van der Waals surface area contributed by atoms with E-state index < -0.39 is 6.85 Å². The molecule has 3 aromatic heterocycles. The molecule has 3 heterocycles. The Hall–Kier alpha value is -4.47. The van der Waals surface area contributed by atoms with Gasteiger partial charge in [0.05, 0.1) is 5.69 Å². The Balaban J connectivity index is 0.00000481. The molecule has 7 rings (SSSR count). The van der Waals surface area contributed by atoms with E-state index >= 15 is 0 Å². The smallest absolute Gasteiger partial charge is 0.509 e. The van der Waals surface area contributed by atoms with Crippen molar-refractivity contribution in [2.45, 2.75) is 79.5 Å². The summed E-state index contributed by atoms with van der Waals surface area (Å²) in [5.41, 5.74) is 8.96. The van der Waals surface area contributed by atoms with Crippen molar-refractivity contribution in [3.63, 3.8) is 0 Å². The van der Waals surface area contributed by atoms with Gasteiger partial charge in [-0.15, -0.1) is 41.3 Å². The van der Waals surface area contributed by atoms with Crippen LogP contribution in [0.25, 0.3) is 44.4 Å². The van der Waals surface area contributed by atoms with E-state index in [2.05, 4.69) is 104 Å². The van der Waals surface area contributed by atoms with E-state index in [4.69, 9.17) is 18.9 Å². The van der Waals surface area contributed by atoms with Crippen LogP contribution in [0.4, 0.5) is 0 Å². The van der Waals surface area contributed by atoms with Gasteiger partial charge in [0.2, 0.25) is 0 Å². The van der Waals surface area contributed by atoms with Gasteiger partial charge in [0.15, 0.2) is 0 Å². The predicted octanol–water partition coefficient (Wildman–Crippen LogP) is 11.2. The summed E-state index contributed by atoms with van der Waals surface area (Å²) in [6.07, 6.45) is 2.61. The minimum Gasteiger partial charge on any atom is -0.509 e. The third-order valence-corrected chi connectivity index (χ3v) is 9.19. The Labute approximate surface area is 314 Å². The fourth-order valence-corrected chi connectivity index (χ4v) is 6.56. The molecular formula is C44H44N4OPt. The Morgan fingerprint density at radius 1 is 0.800 bits per heavy atom. The van der Waals surface area contributed by atoms with Gasteiger partial charge in [-0.3, -0.25) is 4.68 Å². The van der Waals surface area contributed by atoms with Gasteiger partial charge < -0.3 is 9.30 Å². The third-order valence-electron chi connectivity index (χ3n) is 9.19. The number of benzene rings is 4. The van der Waals surface area contributed by atoms with Crippen LogP contribution in [-0.4, -0.2) is 19.3 Å². The molecule has 0 aliphatic carbocycles. The first-order valence-electron chi connectivity index (χ1n) is 18.4. The number of rotatable bonds is 6. The maximum Gasteiger partial charge on any atom is 2.00 e. The van der Waals surface area contributed by atoms with Crippen molar-refractivity contribution in [2.24, 2.45) is 0 Å². The third kappa shape index (κ3) is 6.56. The number of aryl methyl sites for hydroxylation is 2. The summed E-state index contributed by atoms with van der Waals surface area (Å²) < 4.78 is 34.9. The van der Waals surface area contributed by atoms with Crippen LogP contribution in [0.3, 0.4) is 0 Å². The molecule has 0 radical (unpaired) electrons. The number of hydrogen-bond donors (Lipinski definition) is 0. The molecule has 7 aromatic rings. The van der Waals surface area contributed by atoms with Gasteiger partial charge in [-0.05, 0) is 71.4 Å². The molecule has 0 aliphatic rings. The first-order valence-corrected chi connectivity index (χ1v) is 16.9. The van der Waals surface area contributed by atoms with E-state index in [1.807, 2.05) is 51.8 Å². The zero-order chi connectivity index (χ0) is 37.2. The summed E-state index contributed by atoms with van der Waals surface area (Å²) in [4.78, 5) is 4.79. The molecule has 0 saturated heterocycles. The summed E-state index contributed by atoms with van der Waals surface area (Å²) in [7, 11) is 0. The van der Waals surface area contributed by atoms with E-state index in [0.717, 1.165) is 73.4 Å². The molecule has 0 amide bonds. The summed E-state index contributed by atoms with van der Waals surface area (Å²) >= 11 is 0. The molecule has 0 spiro atoms. The monoisotopic (exact) mass is 842 g/mol. The van der Waals surface area contributed by atoms with Crippen molar-refractivity contribution in [1.29, 1.82) is 0 Å². The van der Waals surface area contributed by atoms with E-state index in [1.165, 1.54) is 0 Å². The maximum absolute atomic E-state index is 8.08. The van der Waals surface area contributed by atoms with Gasteiger partial charge in [-0.2, -0.15) is 11.2 Å². The van der Waals surface area contributed by atoms with E-state index in [-0.39, 0.29) is 37.5 Å². The summed E-state index contributed by atoms with van der Waals surface area (Å²) in [6.45, 7) is 15.0. The molecule has 0 unspecified atom stereocenters. The Morgan fingerprint density at radius 3 is 2.26 bits per heavy atom. The Bertz CT molecular complexity index is 2450. The zero-order valence-electron chi connectivity index (χ0n) is 32.9. The molecule has 0 bridgehead atoms. The maximum atomic E-state index is 8.08. The van der Waals surface area contributed by atoms with Crippen molar-refractivity contribution in [3.05, 3.63) is 131 Å². The van der Waals surface area contributed by atoms with Gasteiger partial charge >= 0.3 is 21.1 Å².